The van der Waals surface area contributed by atoms with Crippen LogP contribution in [0.4, 0.5) is 0 Å². The van der Waals surface area contributed by atoms with E-state index in [0.717, 1.165) is 23.3 Å². The number of ether oxygens (including phenoxy) is 2. The molecule has 0 aromatic heterocycles. The van der Waals surface area contributed by atoms with Gasteiger partial charge in [0.1, 0.15) is 11.8 Å². The Morgan fingerprint density at radius 3 is 2.57 bits per heavy atom. The lowest BCUT2D eigenvalue weighted by atomic mass is 10.0. The third-order valence-corrected chi connectivity index (χ3v) is 4.97. The normalized spacial score (nSPS) is 15.4. The Labute approximate surface area is 178 Å². The Kier molecular flexibility index (Phi) is 7.46. The van der Waals surface area contributed by atoms with Crippen LogP contribution in [0.1, 0.15) is 54.7 Å². The van der Waals surface area contributed by atoms with Crippen LogP contribution in [-0.2, 0) is 16.1 Å². The van der Waals surface area contributed by atoms with Gasteiger partial charge in [0.25, 0.3) is 5.91 Å². The summed E-state index contributed by atoms with van der Waals surface area (Å²) in [4.78, 5) is 27.7. The highest BCUT2D eigenvalue weighted by Gasteiger charge is 2.40. The molecule has 2 amide bonds. The average molecular weight is 411 g/mol. The number of amides is 2. The van der Waals surface area contributed by atoms with Crippen LogP contribution in [0.3, 0.4) is 0 Å². The van der Waals surface area contributed by atoms with E-state index in [1.54, 1.807) is 11.0 Å². The number of fused-ring (bicyclic) bond motifs is 1. The molecule has 0 spiro atoms. The van der Waals surface area contributed by atoms with Crippen molar-refractivity contribution in [2.24, 2.45) is 0 Å². The molecule has 1 heterocycles. The van der Waals surface area contributed by atoms with E-state index in [9.17, 15) is 9.59 Å². The Morgan fingerprint density at radius 1 is 1.13 bits per heavy atom. The van der Waals surface area contributed by atoms with Crippen molar-refractivity contribution >= 4 is 11.8 Å². The summed E-state index contributed by atoms with van der Waals surface area (Å²) < 4.78 is 11.0. The lowest BCUT2D eigenvalue weighted by molar-refractivity contribution is -0.125. The number of hydrogen-bond acceptors (Lipinski definition) is 4. The summed E-state index contributed by atoms with van der Waals surface area (Å²) in [5.74, 6) is 0.502. The lowest BCUT2D eigenvalue weighted by Gasteiger charge is -2.25. The first-order valence-electron chi connectivity index (χ1n) is 10.5. The van der Waals surface area contributed by atoms with Crippen molar-refractivity contribution < 1.29 is 19.1 Å². The number of hydrogen-bond donors (Lipinski definition) is 1. The maximum Gasteiger partial charge on any atom is 0.255 e. The van der Waals surface area contributed by atoms with Crippen molar-refractivity contribution in [3.05, 3.63) is 65.2 Å². The van der Waals surface area contributed by atoms with Crippen LogP contribution in [-0.4, -0.2) is 42.6 Å². The predicted molar refractivity (Wildman–Crippen MR) is 115 cm³/mol. The second kappa shape index (κ2) is 10.3. The molecule has 2 aromatic carbocycles. The van der Waals surface area contributed by atoms with Crippen LogP contribution >= 0.6 is 0 Å². The molecule has 3 rings (SSSR count). The molecule has 0 saturated heterocycles. The summed E-state index contributed by atoms with van der Waals surface area (Å²) in [6, 6.07) is 14.3. The number of carbonyl (C=O) groups is 2. The van der Waals surface area contributed by atoms with E-state index in [0.29, 0.717) is 31.9 Å². The van der Waals surface area contributed by atoms with Gasteiger partial charge in [-0.1, -0.05) is 30.3 Å². The zero-order valence-corrected chi connectivity index (χ0v) is 17.9. The topological polar surface area (TPSA) is 67.9 Å². The molecule has 30 heavy (non-hydrogen) atoms. The minimum absolute atomic E-state index is 0.122. The largest absolute Gasteiger partial charge is 0.494 e. The van der Waals surface area contributed by atoms with Gasteiger partial charge in [0.05, 0.1) is 12.7 Å². The second-order valence-corrected chi connectivity index (χ2v) is 7.56. The van der Waals surface area contributed by atoms with Crippen LogP contribution in [0.15, 0.2) is 48.5 Å². The van der Waals surface area contributed by atoms with Gasteiger partial charge in [0.15, 0.2) is 0 Å². The van der Waals surface area contributed by atoms with E-state index >= 15 is 0 Å². The maximum absolute atomic E-state index is 13.0. The van der Waals surface area contributed by atoms with Crippen molar-refractivity contribution in [3.8, 4) is 5.75 Å². The smallest absolute Gasteiger partial charge is 0.255 e. The fourth-order valence-electron chi connectivity index (χ4n) is 3.57. The zero-order chi connectivity index (χ0) is 21.5. The lowest BCUT2D eigenvalue weighted by Crippen LogP contribution is -2.39. The molecule has 1 aliphatic heterocycles. The zero-order valence-electron chi connectivity index (χ0n) is 17.9. The average Bonchev–Trinajstić information content (AvgIpc) is 3.01. The highest BCUT2D eigenvalue weighted by Crippen LogP contribution is 2.35. The summed E-state index contributed by atoms with van der Waals surface area (Å²) in [6.07, 6.45) is 0.898. The number of carbonyl (C=O) groups excluding carboxylic acids is 2. The first-order chi connectivity index (χ1) is 14.5. The molecule has 0 fully saturated rings. The van der Waals surface area contributed by atoms with Crippen molar-refractivity contribution in [2.45, 2.75) is 45.9 Å². The van der Waals surface area contributed by atoms with Crippen LogP contribution in [0.25, 0.3) is 0 Å². The summed E-state index contributed by atoms with van der Waals surface area (Å²) in [6.45, 7) is 7.96. The van der Waals surface area contributed by atoms with Crippen molar-refractivity contribution in [2.75, 3.05) is 19.8 Å². The minimum Gasteiger partial charge on any atom is -0.494 e. The van der Waals surface area contributed by atoms with Gasteiger partial charge in [-0.15, -0.1) is 0 Å². The van der Waals surface area contributed by atoms with Gasteiger partial charge in [-0.05, 0) is 56.5 Å². The molecule has 0 unspecified atom stereocenters. The van der Waals surface area contributed by atoms with Crippen LogP contribution < -0.4 is 10.1 Å². The molecule has 2 aromatic rings. The fraction of sp³-hybridized carbons (Fsp3) is 0.417. The van der Waals surface area contributed by atoms with E-state index < -0.39 is 6.04 Å². The molecule has 160 valence electrons. The molecular weight excluding hydrogens is 380 g/mol. The van der Waals surface area contributed by atoms with E-state index in [4.69, 9.17) is 9.47 Å². The van der Waals surface area contributed by atoms with Gasteiger partial charge in [-0.2, -0.15) is 0 Å². The highest BCUT2D eigenvalue weighted by molar-refractivity contribution is 6.04. The molecule has 1 atom stereocenters. The van der Waals surface area contributed by atoms with Crippen LogP contribution in [0.2, 0.25) is 0 Å². The van der Waals surface area contributed by atoms with Gasteiger partial charge >= 0.3 is 0 Å². The number of benzene rings is 2. The van der Waals surface area contributed by atoms with E-state index in [2.05, 4.69) is 5.32 Å². The maximum atomic E-state index is 13.0. The first-order valence-corrected chi connectivity index (χ1v) is 10.5. The van der Waals surface area contributed by atoms with Gasteiger partial charge in [-0.3, -0.25) is 9.59 Å². The first kappa shape index (κ1) is 21.8. The molecule has 0 radical (unpaired) electrons. The number of nitrogens with one attached hydrogen (secondary N) is 1. The minimum atomic E-state index is -0.633. The molecule has 0 bridgehead atoms. The highest BCUT2D eigenvalue weighted by atomic mass is 16.5. The molecule has 0 saturated carbocycles. The van der Waals surface area contributed by atoms with E-state index in [1.807, 2.05) is 63.2 Å². The van der Waals surface area contributed by atoms with E-state index in [1.165, 1.54) is 0 Å². The van der Waals surface area contributed by atoms with Gasteiger partial charge in [-0.25, -0.2) is 0 Å². The molecule has 0 aliphatic carbocycles. The number of nitrogens with zero attached hydrogens (tertiary/aromatic N) is 1. The van der Waals surface area contributed by atoms with Crippen molar-refractivity contribution in [3.63, 3.8) is 0 Å². The fourth-order valence-corrected chi connectivity index (χ4v) is 3.57. The Hall–Kier alpha value is -2.86. The third-order valence-electron chi connectivity index (χ3n) is 4.97. The Bertz CT molecular complexity index is 864. The molecule has 6 nitrogen and oxygen atoms in total. The van der Waals surface area contributed by atoms with Gasteiger partial charge < -0.3 is 19.7 Å². The molecule has 1 aliphatic rings. The van der Waals surface area contributed by atoms with Crippen LogP contribution in [0.5, 0.6) is 5.75 Å². The molecular formula is C24H30N2O4. The van der Waals surface area contributed by atoms with Crippen molar-refractivity contribution in [1.82, 2.24) is 10.2 Å². The van der Waals surface area contributed by atoms with Crippen molar-refractivity contribution in [1.29, 1.82) is 0 Å². The van der Waals surface area contributed by atoms with Gasteiger partial charge in [0, 0.05) is 25.3 Å². The standard InChI is InChI=1S/C24H30N2O4/c1-4-29-19-12-10-18(11-13-19)16-26-22(20-8-5-6-9-21(20)24(26)28)23(27)25-14-7-15-30-17(2)3/h5-6,8-13,17,22H,4,7,14-16H2,1-3H3,(H,25,27)/t22-/m0/s1. The monoisotopic (exact) mass is 410 g/mol. The Balaban J connectivity index is 1.72. The summed E-state index contributed by atoms with van der Waals surface area (Å²) in [7, 11) is 0. The molecule has 1 N–H and O–H groups in total. The van der Waals surface area contributed by atoms with Gasteiger partial charge in [0.2, 0.25) is 5.91 Å². The predicted octanol–water partition coefficient (Wildman–Crippen LogP) is 3.71. The number of rotatable bonds is 10. The molecule has 6 heteroatoms. The summed E-state index contributed by atoms with van der Waals surface area (Å²) in [5, 5.41) is 2.97. The van der Waals surface area contributed by atoms with E-state index in [-0.39, 0.29) is 17.9 Å². The van der Waals surface area contributed by atoms with Crippen LogP contribution in [0, 0.1) is 0 Å². The quantitative estimate of drug-likeness (QED) is 0.606. The third kappa shape index (κ3) is 5.19. The second-order valence-electron chi connectivity index (χ2n) is 7.56. The Morgan fingerprint density at radius 2 is 1.87 bits per heavy atom. The summed E-state index contributed by atoms with van der Waals surface area (Å²) in [5.41, 5.74) is 2.29. The summed E-state index contributed by atoms with van der Waals surface area (Å²) >= 11 is 0. The SMILES string of the molecule is CCOc1ccc(CN2C(=O)c3ccccc3[C@H]2C(=O)NCCCOC(C)C)cc1.